The lowest BCUT2D eigenvalue weighted by Crippen LogP contribution is -2.16. The van der Waals surface area contributed by atoms with E-state index in [1.807, 2.05) is 24.3 Å². The number of carbonyl (C=O) groups excluding carboxylic acids is 2. The Balaban J connectivity index is 1.80. The number of amides is 2. The van der Waals surface area contributed by atoms with Crippen LogP contribution >= 0.6 is 23.1 Å². The van der Waals surface area contributed by atoms with Crippen LogP contribution in [-0.2, 0) is 4.79 Å². The van der Waals surface area contributed by atoms with Crippen LogP contribution in [0.15, 0.2) is 40.6 Å². The van der Waals surface area contributed by atoms with E-state index in [2.05, 4.69) is 5.32 Å². The molecule has 116 valence electrons. The minimum Gasteiger partial charge on any atom is -0.497 e. The predicted molar refractivity (Wildman–Crippen MR) is 89.8 cm³/mol. The van der Waals surface area contributed by atoms with E-state index in [0.29, 0.717) is 22.7 Å². The molecule has 0 saturated heterocycles. The molecule has 0 fully saturated rings. The second-order valence-electron chi connectivity index (χ2n) is 4.35. The number of thioether (sulfide) groups is 1. The zero-order chi connectivity index (χ0) is 15.9. The van der Waals surface area contributed by atoms with Gasteiger partial charge in [0.2, 0.25) is 5.91 Å². The van der Waals surface area contributed by atoms with Gasteiger partial charge in [-0.05, 0) is 35.7 Å². The largest absolute Gasteiger partial charge is 0.497 e. The van der Waals surface area contributed by atoms with Gasteiger partial charge in [0.15, 0.2) is 0 Å². The summed E-state index contributed by atoms with van der Waals surface area (Å²) in [7, 11) is 1.62. The van der Waals surface area contributed by atoms with E-state index in [0.717, 1.165) is 10.6 Å². The second-order valence-corrected chi connectivity index (χ2v) is 6.43. The number of nitrogens with one attached hydrogen (secondary N) is 1. The van der Waals surface area contributed by atoms with Crippen molar-refractivity contribution in [1.82, 2.24) is 0 Å². The molecule has 2 rings (SSSR count). The Bertz CT molecular complexity index is 653. The van der Waals surface area contributed by atoms with Crippen LogP contribution in [0.1, 0.15) is 16.8 Å². The number of primary amides is 1. The molecule has 1 aromatic carbocycles. The summed E-state index contributed by atoms with van der Waals surface area (Å²) in [5.41, 5.74) is 5.58. The number of methoxy groups -OCH3 is 1. The topological polar surface area (TPSA) is 81.4 Å². The van der Waals surface area contributed by atoms with Crippen molar-refractivity contribution in [2.75, 3.05) is 18.2 Å². The average Bonchev–Trinajstić information content (AvgIpc) is 2.96. The monoisotopic (exact) mass is 336 g/mol. The fourth-order valence-corrected chi connectivity index (χ4v) is 3.38. The smallest absolute Gasteiger partial charge is 0.251 e. The minimum absolute atomic E-state index is 0.133. The molecule has 0 saturated carbocycles. The van der Waals surface area contributed by atoms with E-state index >= 15 is 0 Å². The van der Waals surface area contributed by atoms with E-state index in [1.54, 1.807) is 30.3 Å². The number of carbonyl (C=O) groups is 2. The van der Waals surface area contributed by atoms with E-state index in [9.17, 15) is 9.59 Å². The number of ether oxygens (including phenoxy) is 1. The summed E-state index contributed by atoms with van der Waals surface area (Å²) in [6.45, 7) is 0. The third kappa shape index (κ3) is 4.51. The normalized spacial score (nSPS) is 10.2. The number of hydrogen-bond acceptors (Lipinski definition) is 5. The summed E-state index contributed by atoms with van der Waals surface area (Å²) < 4.78 is 5.09. The molecule has 0 radical (unpaired) electrons. The zero-order valence-electron chi connectivity index (χ0n) is 12.0. The Morgan fingerprint density at radius 2 is 2.00 bits per heavy atom. The van der Waals surface area contributed by atoms with Gasteiger partial charge in [0.05, 0.1) is 12.7 Å². The first-order valence-electron chi connectivity index (χ1n) is 6.54. The molecular formula is C15H16N2O3S2. The molecule has 0 unspecified atom stereocenters. The number of nitrogens with two attached hydrogens (primary N) is 1. The highest BCUT2D eigenvalue weighted by Crippen LogP contribution is 2.24. The zero-order valence-corrected chi connectivity index (χ0v) is 13.6. The first-order chi connectivity index (χ1) is 10.6. The highest BCUT2D eigenvalue weighted by Gasteiger charge is 2.12. The van der Waals surface area contributed by atoms with Crippen molar-refractivity contribution in [3.63, 3.8) is 0 Å². The molecule has 2 aromatic rings. The van der Waals surface area contributed by atoms with Gasteiger partial charge < -0.3 is 15.8 Å². The molecule has 22 heavy (non-hydrogen) atoms. The van der Waals surface area contributed by atoms with Gasteiger partial charge in [0, 0.05) is 17.1 Å². The van der Waals surface area contributed by atoms with Crippen molar-refractivity contribution in [3.05, 3.63) is 41.3 Å². The average molecular weight is 336 g/mol. The van der Waals surface area contributed by atoms with Crippen molar-refractivity contribution < 1.29 is 14.3 Å². The van der Waals surface area contributed by atoms with Crippen LogP contribution in [0.2, 0.25) is 0 Å². The van der Waals surface area contributed by atoms with Crippen LogP contribution in [0, 0.1) is 0 Å². The van der Waals surface area contributed by atoms with Gasteiger partial charge in [-0.2, -0.15) is 0 Å². The highest BCUT2D eigenvalue weighted by molar-refractivity contribution is 7.99. The molecule has 2 amide bonds. The van der Waals surface area contributed by atoms with Crippen LogP contribution in [0.3, 0.4) is 0 Å². The lowest BCUT2D eigenvalue weighted by Gasteiger charge is -2.05. The predicted octanol–water partition coefficient (Wildman–Crippen LogP) is 2.98. The lowest BCUT2D eigenvalue weighted by atomic mass is 10.3. The Hall–Kier alpha value is -1.99. The van der Waals surface area contributed by atoms with Crippen LogP contribution in [-0.4, -0.2) is 24.7 Å². The van der Waals surface area contributed by atoms with Gasteiger partial charge in [-0.25, -0.2) is 0 Å². The van der Waals surface area contributed by atoms with Crippen LogP contribution < -0.4 is 15.8 Å². The molecule has 1 heterocycles. The third-order valence-electron chi connectivity index (χ3n) is 2.84. The molecule has 0 spiro atoms. The van der Waals surface area contributed by atoms with E-state index in [1.165, 1.54) is 11.3 Å². The first-order valence-corrected chi connectivity index (χ1v) is 8.40. The quantitative estimate of drug-likeness (QED) is 0.762. The standard InChI is InChI=1S/C15H16N2O3S2/c1-20-10-2-4-11(5-3-10)21-9-7-13(18)17-15-12(14(16)19)6-8-22-15/h2-6,8H,7,9H2,1H3,(H2,16,19)(H,17,18). The van der Waals surface area contributed by atoms with E-state index in [4.69, 9.17) is 10.5 Å². The third-order valence-corrected chi connectivity index (χ3v) is 4.68. The molecule has 0 bridgehead atoms. The highest BCUT2D eigenvalue weighted by atomic mass is 32.2. The molecular weight excluding hydrogens is 320 g/mol. The second kappa shape index (κ2) is 7.86. The summed E-state index contributed by atoms with van der Waals surface area (Å²) in [5.74, 6) is 0.781. The van der Waals surface area contributed by atoms with Crippen molar-refractivity contribution >= 4 is 39.9 Å². The molecule has 0 aliphatic rings. The van der Waals surface area contributed by atoms with E-state index < -0.39 is 5.91 Å². The van der Waals surface area contributed by atoms with Crippen LogP contribution in [0.5, 0.6) is 5.75 Å². The van der Waals surface area contributed by atoms with Crippen LogP contribution in [0.4, 0.5) is 5.00 Å². The van der Waals surface area contributed by atoms with Gasteiger partial charge in [-0.15, -0.1) is 23.1 Å². The van der Waals surface area contributed by atoms with Crippen molar-refractivity contribution in [2.45, 2.75) is 11.3 Å². The molecule has 0 aliphatic heterocycles. The lowest BCUT2D eigenvalue weighted by molar-refractivity contribution is -0.115. The Morgan fingerprint density at radius 3 is 2.64 bits per heavy atom. The van der Waals surface area contributed by atoms with Crippen molar-refractivity contribution in [2.24, 2.45) is 5.73 Å². The maximum atomic E-state index is 11.9. The molecule has 1 aromatic heterocycles. The Morgan fingerprint density at radius 1 is 1.27 bits per heavy atom. The summed E-state index contributed by atoms with van der Waals surface area (Å²) in [5, 5.41) is 4.95. The number of hydrogen-bond donors (Lipinski definition) is 2. The number of benzene rings is 1. The van der Waals surface area contributed by atoms with Crippen molar-refractivity contribution in [3.8, 4) is 5.75 Å². The molecule has 5 nitrogen and oxygen atoms in total. The van der Waals surface area contributed by atoms with Gasteiger partial charge in [-0.3, -0.25) is 9.59 Å². The van der Waals surface area contributed by atoms with E-state index in [-0.39, 0.29) is 5.91 Å². The molecule has 0 aliphatic carbocycles. The SMILES string of the molecule is COc1ccc(SCCC(=O)Nc2sccc2C(N)=O)cc1. The molecule has 7 heteroatoms. The maximum Gasteiger partial charge on any atom is 0.251 e. The number of rotatable bonds is 7. The van der Waals surface area contributed by atoms with Gasteiger partial charge >= 0.3 is 0 Å². The summed E-state index contributed by atoms with van der Waals surface area (Å²) in [4.78, 5) is 24.1. The molecule has 0 atom stereocenters. The van der Waals surface area contributed by atoms with Crippen LogP contribution in [0.25, 0.3) is 0 Å². The summed E-state index contributed by atoms with van der Waals surface area (Å²) >= 11 is 2.87. The number of anilines is 1. The molecule has 3 N–H and O–H groups in total. The Kier molecular flexibility index (Phi) is 5.85. The summed E-state index contributed by atoms with van der Waals surface area (Å²) in [6, 6.07) is 9.27. The van der Waals surface area contributed by atoms with Gasteiger partial charge in [-0.1, -0.05) is 0 Å². The van der Waals surface area contributed by atoms with Crippen molar-refractivity contribution in [1.29, 1.82) is 0 Å². The Labute approximate surface area is 136 Å². The summed E-state index contributed by atoms with van der Waals surface area (Å²) in [6.07, 6.45) is 0.354. The fraction of sp³-hybridized carbons (Fsp3) is 0.200. The first kappa shape index (κ1) is 16.4. The van der Waals surface area contributed by atoms with Gasteiger partial charge in [0.1, 0.15) is 10.8 Å². The number of thiophene rings is 1. The maximum absolute atomic E-state index is 11.9. The fourth-order valence-electron chi connectivity index (χ4n) is 1.72. The van der Waals surface area contributed by atoms with Gasteiger partial charge in [0.25, 0.3) is 5.91 Å². The minimum atomic E-state index is -0.538.